The first-order valence-corrected chi connectivity index (χ1v) is 20.4. The molecule has 0 spiro atoms. The Morgan fingerprint density at radius 1 is 0.583 bits per heavy atom. The standard InChI is InChI=1S/C35H69O12P/c1-3-5-7-9-11-13-15-16-18-20-22-24-29(36)46-28(26-44-25-23-21-19-17-14-12-10-8-6-4-2)27-45-48(42,43)47-35-33(40)31(38)30(37)32(39)34(35)41/h28,30-35,37-41H,3-27H2,1-2H3,(H,42,43). The van der Waals surface area contributed by atoms with Crippen molar-refractivity contribution in [3.63, 3.8) is 0 Å². The Kier molecular flexibility index (Phi) is 26.5. The summed E-state index contributed by atoms with van der Waals surface area (Å²) in [6.45, 7) is 4.22. The van der Waals surface area contributed by atoms with Gasteiger partial charge >= 0.3 is 13.8 Å². The van der Waals surface area contributed by atoms with E-state index in [2.05, 4.69) is 13.8 Å². The number of phosphoric acid groups is 1. The van der Waals surface area contributed by atoms with Gasteiger partial charge in [-0.15, -0.1) is 0 Å². The van der Waals surface area contributed by atoms with Crippen molar-refractivity contribution in [2.75, 3.05) is 19.8 Å². The van der Waals surface area contributed by atoms with Crippen molar-refractivity contribution in [3.05, 3.63) is 0 Å². The number of aliphatic hydroxyl groups excluding tert-OH is 5. The van der Waals surface area contributed by atoms with E-state index >= 15 is 0 Å². The maximum absolute atomic E-state index is 12.7. The number of phosphoric ester groups is 1. The van der Waals surface area contributed by atoms with E-state index in [1.165, 1.54) is 89.9 Å². The van der Waals surface area contributed by atoms with Crippen LogP contribution in [-0.4, -0.2) is 98.9 Å². The van der Waals surface area contributed by atoms with Crippen LogP contribution < -0.4 is 0 Å². The van der Waals surface area contributed by atoms with Crippen molar-refractivity contribution in [1.82, 2.24) is 0 Å². The molecule has 6 N–H and O–H groups in total. The number of hydrogen-bond acceptors (Lipinski definition) is 11. The quantitative estimate of drug-likeness (QED) is 0.0286. The van der Waals surface area contributed by atoms with Gasteiger partial charge in [-0.1, -0.05) is 136 Å². The van der Waals surface area contributed by atoms with Gasteiger partial charge in [0.1, 0.15) is 42.7 Å². The Labute approximate surface area is 289 Å². The van der Waals surface area contributed by atoms with E-state index in [0.717, 1.165) is 38.5 Å². The minimum Gasteiger partial charge on any atom is -0.457 e. The number of aliphatic hydroxyl groups is 5. The summed E-state index contributed by atoms with van der Waals surface area (Å²) in [6.07, 6.45) is 11.9. The first kappa shape index (κ1) is 45.4. The Balaban J connectivity index is 2.49. The summed E-state index contributed by atoms with van der Waals surface area (Å²) in [5.74, 6) is -0.478. The summed E-state index contributed by atoms with van der Waals surface area (Å²) < 4.78 is 33.9. The van der Waals surface area contributed by atoms with Crippen LogP contribution in [0.1, 0.15) is 155 Å². The lowest BCUT2D eigenvalue weighted by Gasteiger charge is -2.41. The van der Waals surface area contributed by atoms with Crippen LogP contribution in [0.4, 0.5) is 0 Å². The number of esters is 1. The zero-order chi connectivity index (χ0) is 35.6. The van der Waals surface area contributed by atoms with Gasteiger partial charge in [0.05, 0.1) is 13.2 Å². The molecular formula is C35H69O12P. The van der Waals surface area contributed by atoms with Gasteiger partial charge in [0, 0.05) is 13.0 Å². The van der Waals surface area contributed by atoms with Gasteiger partial charge in [-0.2, -0.15) is 0 Å². The molecule has 0 aromatic heterocycles. The van der Waals surface area contributed by atoms with Gasteiger partial charge in [0.2, 0.25) is 0 Å². The highest BCUT2D eigenvalue weighted by molar-refractivity contribution is 7.47. The van der Waals surface area contributed by atoms with Crippen LogP contribution >= 0.6 is 7.82 Å². The highest BCUT2D eigenvalue weighted by Crippen LogP contribution is 2.47. The molecule has 1 fully saturated rings. The van der Waals surface area contributed by atoms with E-state index in [9.17, 15) is 39.8 Å². The Morgan fingerprint density at radius 3 is 1.44 bits per heavy atom. The van der Waals surface area contributed by atoms with Crippen molar-refractivity contribution in [3.8, 4) is 0 Å². The van der Waals surface area contributed by atoms with Gasteiger partial charge in [-0.05, 0) is 12.8 Å². The number of carbonyl (C=O) groups excluding carboxylic acids is 1. The average molecular weight is 713 g/mol. The highest BCUT2D eigenvalue weighted by Gasteiger charge is 2.51. The molecule has 13 heteroatoms. The maximum atomic E-state index is 12.7. The number of carbonyl (C=O) groups is 1. The molecule has 0 heterocycles. The molecular weight excluding hydrogens is 643 g/mol. The van der Waals surface area contributed by atoms with E-state index < -0.39 is 63.1 Å². The zero-order valence-corrected chi connectivity index (χ0v) is 30.7. The molecule has 0 amide bonds. The summed E-state index contributed by atoms with van der Waals surface area (Å²) in [4.78, 5) is 22.9. The number of rotatable bonds is 31. The van der Waals surface area contributed by atoms with E-state index in [1.807, 2.05) is 0 Å². The molecule has 1 rings (SSSR count). The smallest absolute Gasteiger partial charge is 0.457 e. The summed E-state index contributed by atoms with van der Waals surface area (Å²) in [6, 6.07) is 0. The second-order valence-corrected chi connectivity index (χ2v) is 14.8. The van der Waals surface area contributed by atoms with Crippen LogP contribution in [-0.2, 0) is 27.9 Å². The van der Waals surface area contributed by atoms with Crippen LogP contribution in [0, 0.1) is 0 Å². The molecule has 1 aliphatic carbocycles. The van der Waals surface area contributed by atoms with Gasteiger partial charge < -0.3 is 39.9 Å². The molecule has 0 saturated heterocycles. The number of hydrogen-bond donors (Lipinski definition) is 6. The van der Waals surface area contributed by atoms with Gasteiger partial charge in [0.25, 0.3) is 0 Å². The normalized spacial score (nSPS) is 24.8. The Hall–Kier alpha value is -0.660. The monoisotopic (exact) mass is 712 g/mol. The maximum Gasteiger partial charge on any atom is 0.472 e. The van der Waals surface area contributed by atoms with Crippen molar-refractivity contribution < 1.29 is 58.3 Å². The Morgan fingerprint density at radius 2 is 0.979 bits per heavy atom. The van der Waals surface area contributed by atoms with Crippen molar-refractivity contribution in [2.24, 2.45) is 0 Å². The molecule has 48 heavy (non-hydrogen) atoms. The highest BCUT2D eigenvalue weighted by atomic mass is 31.2. The lowest BCUT2D eigenvalue weighted by atomic mass is 9.85. The molecule has 0 radical (unpaired) electrons. The predicted molar refractivity (Wildman–Crippen MR) is 184 cm³/mol. The van der Waals surface area contributed by atoms with E-state index in [4.69, 9.17) is 18.5 Å². The number of unbranched alkanes of at least 4 members (excludes halogenated alkanes) is 19. The molecule has 1 saturated carbocycles. The summed E-state index contributed by atoms with van der Waals surface area (Å²) in [7, 11) is -4.99. The van der Waals surface area contributed by atoms with Crippen LogP contribution in [0.2, 0.25) is 0 Å². The van der Waals surface area contributed by atoms with Crippen LogP contribution in [0.5, 0.6) is 0 Å². The summed E-state index contributed by atoms with van der Waals surface area (Å²) in [5.41, 5.74) is 0. The largest absolute Gasteiger partial charge is 0.472 e. The SMILES string of the molecule is CCCCCCCCCCCCCC(=O)OC(COCCCCCCCCCCCC)COP(=O)(O)OC1C(O)C(O)C(O)C(O)C1O. The summed E-state index contributed by atoms with van der Waals surface area (Å²) in [5, 5.41) is 49.8. The minimum absolute atomic E-state index is 0.0697. The third-order valence-corrected chi connectivity index (χ3v) is 9.97. The number of ether oxygens (including phenoxy) is 2. The summed E-state index contributed by atoms with van der Waals surface area (Å²) >= 11 is 0. The van der Waals surface area contributed by atoms with Crippen molar-refractivity contribution in [1.29, 1.82) is 0 Å². The third kappa shape index (κ3) is 20.9. The fraction of sp³-hybridized carbons (Fsp3) is 0.971. The fourth-order valence-corrected chi connectivity index (χ4v) is 6.86. The molecule has 6 unspecified atom stereocenters. The molecule has 0 bridgehead atoms. The lowest BCUT2D eigenvalue weighted by Crippen LogP contribution is -2.64. The van der Waals surface area contributed by atoms with Gasteiger partial charge in [-0.25, -0.2) is 4.57 Å². The third-order valence-electron chi connectivity index (χ3n) is 8.98. The molecule has 286 valence electrons. The van der Waals surface area contributed by atoms with Crippen LogP contribution in [0.15, 0.2) is 0 Å². The van der Waals surface area contributed by atoms with Crippen LogP contribution in [0.25, 0.3) is 0 Å². The zero-order valence-electron chi connectivity index (χ0n) is 29.8. The Bertz CT molecular complexity index is 817. The first-order chi connectivity index (χ1) is 23.0. The molecule has 1 aliphatic rings. The van der Waals surface area contributed by atoms with Gasteiger partial charge in [-0.3, -0.25) is 13.8 Å². The molecule has 6 atom stereocenters. The predicted octanol–water partition coefficient (Wildman–Crippen LogP) is 5.86. The fourth-order valence-electron chi connectivity index (χ4n) is 5.88. The van der Waals surface area contributed by atoms with Crippen LogP contribution in [0.3, 0.4) is 0 Å². The second kappa shape index (κ2) is 28.0. The first-order valence-electron chi connectivity index (χ1n) is 18.9. The second-order valence-electron chi connectivity index (χ2n) is 13.4. The topological polar surface area (TPSA) is 192 Å². The van der Waals surface area contributed by atoms with Crippen molar-refractivity contribution in [2.45, 2.75) is 198 Å². The molecule has 0 aromatic rings. The average Bonchev–Trinajstić information content (AvgIpc) is 3.06. The molecule has 0 aliphatic heterocycles. The minimum atomic E-state index is -4.99. The molecule has 0 aromatic carbocycles. The van der Waals surface area contributed by atoms with E-state index in [-0.39, 0.29) is 13.0 Å². The molecule has 12 nitrogen and oxygen atoms in total. The van der Waals surface area contributed by atoms with Gasteiger partial charge in [0.15, 0.2) is 0 Å². The van der Waals surface area contributed by atoms with E-state index in [1.54, 1.807) is 0 Å². The van der Waals surface area contributed by atoms with Crippen molar-refractivity contribution >= 4 is 13.8 Å². The van der Waals surface area contributed by atoms with E-state index in [0.29, 0.717) is 13.0 Å². The lowest BCUT2D eigenvalue weighted by molar-refractivity contribution is -0.220.